The Bertz CT molecular complexity index is 288. The molecule has 0 aliphatic heterocycles. The quantitative estimate of drug-likeness (QED) is 0.0782. The zero-order valence-electron chi connectivity index (χ0n) is 15.6. The average Bonchev–Trinajstić information content (AvgIpc) is 2.59. The van der Waals surface area contributed by atoms with Crippen LogP contribution in [0.3, 0.4) is 0 Å². The predicted molar refractivity (Wildman–Crippen MR) is 84.1 cm³/mol. The number of hydrogen-bond donors (Lipinski definition) is 3. The zero-order chi connectivity index (χ0) is 20.4. The summed E-state index contributed by atoms with van der Waals surface area (Å²) in [4.78, 5) is 82.7. The molecule has 14 N–H and O–H groups in total. The van der Waals surface area contributed by atoms with E-state index in [1.54, 1.807) is 0 Å². The first kappa shape index (κ1) is 190. The van der Waals surface area contributed by atoms with Crippen molar-refractivity contribution in [1.29, 1.82) is 0 Å². The van der Waals surface area contributed by atoms with Gasteiger partial charge < -0.3 is 61.9 Å². The van der Waals surface area contributed by atoms with Gasteiger partial charge in [0, 0.05) is 50.9 Å². The molecule has 0 heterocycles. The third-order valence-corrected chi connectivity index (χ3v) is 0.112. The van der Waals surface area contributed by atoms with Crippen molar-refractivity contribution >= 4 is 37.9 Å². The molecule has 0 aromatic rings. The van der Waals surface area contributed by atoms with Gasteiger partial charge in [0.05, 0.1) is 0 Å². The van der Waals surface area contributed by atoms with E-state index in [-0.39, 0.29) is 189 Å². The standard InChI is InChI=1S/3CHO3.3CO2.3CH4.Co.2Cu.Mn.Na.6H2O.O.Zn/c3*2-1-4-3;3*2-1-3;;;;;;;;;;;;;;;;/h3*3H;;;;3*1H4;;;;;;6*1H2;;/q3*-1;;;;;;;;;+1;;+1;;;;;;;;/p-1. The van der Waals surface area contributed by atoms with Crippen LogP contribution in [0.2, 0.25) is 0 Å². The van der Waals surface area contributed by atoms with Gasteiger partial charge in [-0.05, 0) is 19.4 Å². The summed E-state index contributed by atoms with van der Waals surface area (Å²) in [5.41, 5.74) is 0. The monoisotopic (exact) mass is 813 g/mol. The summed E-state index contributed by atoms with van der Waals surface area (Å²) in [5.74, 6) is 0. The molecule has 0 saturated heterocycles. The normalized spacial score (nSPS) is 2.51. The second-order valence-electron chi connectivity index (χ2n) is 0.774. The summed E-state index contributed by atoms with van der Waals surface area (Å²) < 4.78 is 8.38. The van der Waals surface area contributed by atoms with Crippen molar-refractivity contribution < 1.29 is 226 Å². The zero-order valence-corrected chi connectivity index (χ0v) is 24.7. The molecule has 0 saturated carbocycles. The van der Waals surface area contributed by atoms with E-state index in [0.717, 1.165) is 19.4 Å². The van der Waals surface area contributed by atoms with Crippen LogP contribution >= 0.6 is 0 Å². The molecule has 0 aliphatic rings. The second-order valence-corrected chi connectivity index (χ2v) is 0.774. The van der Waals surface area contributed by atoms with E-state index in [2.05, 4.69) is 14.7 Å². The molecule has 0 aliphatic carbocycles. The fraction of sp³-hybridized carbons (Fsp3) is 0.333. The van der Waals surface area contributed by atoms with Gasteiger partial charge in [-0.3, -0.25) is 0 Å². The summed E-state index contributed by atoms with van der Waals surface area (Å²) in [6, 6.07) is 0. The van der Waals surface area contributed by atoms with Crippen LogP contribution in [0.1, 0.15) is 22.3 Å². The van der Waals surface area contributed by atoms with Crippen LogP contribution in [0, 0.1) is 0 Å². The molecule has 0 unspecified atom stereocenters. The van der Waals surface area contributed by atoms with Gasteiger partial charge in [-0.2, -0.15) is 28.8 Å². The van der Waals surface area contributed by atoms with Crippen LogP contribution in [0.5, 0.6) is 0 Å². The Balaban J connectivity index is -0.00000000402. The van der Waals surface area contributed by atoms with Crippen molar-refractivity contribution in [3.63, 3.8) is 0 Å². The molecule has 28 heteroatoms. The first-order valence-electron chi connectivity index (χ1n) is 3.29. The van der Waals surface area contributed by atoms with Gasteiger partial charge in [0.1, 0.15) is 0 Å². The van der Waals surface area contributed by atoms with Crippen molar-refractivity contribution in [2.75, 3.05) is 0 Å². The van der Waals surface area contributed by atoms with Crippen LogP contribution in [-0.4, -0.2) is 86.5 Å². The van der Waals surface area contributed by atoms with Gasteiger partial charge in [-0.15, -0.1) is 0 Å². The van der Waals surface area contributed by atoms with Gasteiger partial charge in [-0.1, -0.05) is 22.3 Å². The first-order valence-corrected chi connectivity index (χ1v) is 4.50. The number of carbonyl (C=O) groups excluding carboxylic acids is 9. The minimum absolute atomic E-state index is 0. The van der Waals surface area contributed by atoms with E-state index in [9.17, 15) is 0 Å². The fourth-order valence-corrected chi connectivity index (χ4v) is 0. The molecule has 237 valence electrons. The minimum atomic E-state index is 0. The number of rotatable bonds is 3. The Morgan fingerprint density at radius 2 is 0.595 bits per heavy atom. The Morgan fingerprint density at radius 3 is 0.595 bits per heavy atom. The topological polar surface area (TPSA) is 447 Å². The molecule has 0 aromatic carbocycles. The Hall–Kier alpha value is -0.322. The van der Waals surface area contributed by atoms with Gasteiger partial charge in [0.25, 0.3) is 0 Å². The summed E-state index contributed by atoms with van der Waals surface area (Å²) in [6.07, 6.45) is 0.750. The maximum atomic E-state index is 8.58. The predicted octanol–water partition coefficient (Wildman–Crippen LogP) is -8.64. The molecular weight excluding hydrogens is 789 g/mol. The molecule has 37 heavy (non-hydrogen) atoms. The van der Waals surface area contributed by atoms with Gasteiger partial charge >= 0.3 is 86.9 Å². The van der Waals surface area contributed by atoms with Crippen molar-refractivity contribution in [3.8, 4) is 0 Å². The summed E-state index contributed by atoms with van der Waals surface area (Å²) in [6.45, 7) is 2.21. The fourth-order valence-electron chi connectivity index (χ4n) is 0. The summed E-state index contributed by atoms with van der Waals surface area (Å²) >= 11 is 0.125. The van der Waals surface area contributed by atoms with E-state index in [0.29, 0.717) is 0 Å². The Kier molecular flexibility index (Phi) is 2920. The summed E-state index contributed by atoms with van der Waals surface area (Å²) in [5, 5.41) is 20.9. The third-order valence-electron chi connectivity index (χ3n) is 0.112. The molecule has 0 fully saturated rings. The molecule has 0 atom stereocenters. The van der Waals surface area contributed by atoms with Crippen LogP contribution in [0.25, 0.3) is 0 Å². The SMILES string of the molecule is C.C.C.O.O.O.O.O.O=C=O.O=C=O.O=C=O.O=[C-]OO.O=[C-]OO.O=[C-]OO.[Co].[Cu+].[Cu].[Mn].[Na+].[OH-].[O]=[Zn]. The third kappa shape index (κ3) is 5640. The molecule has 0 aromatic heterocycles. The van der Waals surface area contributed by atoms with Gasteiger partial charge in [0.15, 0.2) is 0 Å². The van der Waals surface area contributed by atoms with E-state index >= 15 is 0 Å². The van der Waals surface area contributed by atoms with E-state index in [1.807, 2.05) is 0 Å². The Morgan fingerprint density at radius 1 is 0.568 bits per heavy atom. The van der Waals surface area contributed by atoms with Crippen molar-refractivity contribution in [2.24, 2.45) is 0 Å². The van der Waals surface area contributed by atoms with Gasteiger partial charge in [0.2, 0.25) is 0 Å². The number of hydrogen-bond acceptors (Lipinski definition) is 17. The van der Waals surface area contributed by atoms with Crippen molar-refractivity contribution in [2.45, 2.75) is 22.3 Å². The average molecular weight is 816 g/mol. The first-order chi connectivity index (χ1) is 11.0. The maximum absolute atomic E-state index is 8.58. The van der Waals surface area contributed by atoms with E-state index < -0.39 is 0 Å². The molecule has 22 nitrogen and oxygen atoms in total. The molecule has 0 bridgehead atoms. The van der Waals surface area contributed by atoms with Gasteiger partial charge in [-0.25, -0.2) is 15.8 Å². The Labute approximate surface area is 283 Å². The van der Waals surface area contributed by atoms with Crippen LogP contribution in [-0.2, 0) is 148 Å². The molecule has 0 spiro atoms. The van der Waals surface area contributed by atoms with E-state index in [1.165, 1.54) is 0 Å². The molecule has 0 amide bonds. The molecule has 3 radical (unpaired) electrons. The van der Waals surface area contributed by atoms with Crippen molar-refractivity contribution in [1.82, 2.24) is 0 Å². The van der Waals surface area contributed by atoms with E-state index in [4.69, 9.17) is 62.5 Å². The molecular formula is C9H26CoCu2MnNaO22Zn-2. The van der Waals surface area contributed by atoms with Crippen LogP contribution in [0.15, 0.2) is 0 Å². The van der Waals surface area contributed by atoms with Crippen LogP contribution in [0.4, 0.5) is 0 Å². The van der Waals surface area contributed by atoms with Crippen molar-refractivity contribution in [3.05, 3.63) is 0 Å². The molecule has 0 rings (SSSR count). The van der Waals surface area contributed by atoms with Crippen LogP contribution < -0.4 is 29.6 Å². The second kappa shape index (κ2) is 570. The summed E-state index contributed by atoms with van der Waals surface area (Å²) in [7, 11) is 0.